The molecule has 0 bridgehead atoms. The molecule has 1 atom stereocenters. The second kappa shape index (κ2) is 8.61. The van der Waals surface area contributed by atoms with Gasteiger partial charge in [0.1, 0.15) is 10.7 Å². The molecule has 4 nitrogen and oxygen atoms in total. The molecule has 0 saturated heterocycles. The number of pyridine rings is 1. The van der Waals surface area contributed by atoms with Crippen molar-refractivity contribution in [2.24, 2.45) is 5.92 Å². The number of fused-ring (bicyclic) bond motifs is 1. The van der Waals surface area contributed by atoms with Crippen LogP contribution in [0.15, 0.2) is 59.6 Å². The Morgan fingerprint density at radius 1 is 1.10 bits per heavy atom. The summed E-state index contributed by atoms with van der Waals surface area (Å²) < 4.78 is 42.0. The first-order chi connectivity index (χ1) is 14.3. The van der Waals surface area contributed by atoms with Crippen molar-refractivity contribution in [3.8, 4) is 0 Å². The van der Waals surface area contributed by atoms with E-state index in [1.807, 2.05) is 13.0 Å². The van der Waals surface area contributed by atoms with Crippen molar-refractivity contribution >= 4 is 32.5 Å². The van der Waals surface area contributed by atoms with E-state index in [1.165, 1.54) is 12.1 Å². The van der Waals surface area contributed by atoms with E-state index in [2.05, 4.69) is 9.71 Å². The lowest BCUT2D eigenvalue weighted by molar-refractivity contribution is 0.281. The molecular weight excluding hydrogens is 423 g/mol. The monoisotopic (exact) mass is 446 g/mol. The fourth-order valence-electron chi connectivity index (χ4n) is 4.49. The van der Waals surface area contributed by atoms with Crippen LogP contribution in [0.4, 0.5) is 4.39 Å². The molecule has 0 amide bonds. The first-order valence-electron chi connectivity index (χ1n) is 10.2. The molecule has 158 valence electrons. The normalized spacial score (nSPS) is 20.9. The number of rotatable bonds is 5. The third kappa shape index (κ3) is 4.36. The molecule has 1 aliphatic rings. The summed E-state index contributed by atoms with van der Waals surface area (Å²) >= 11 is 6.07. The van der Waals surface area contributed by atoms with Crippen LogP contribution < -0.4 is 4.72 Å². The number of halogens is 2. The Kier molecular flexibility index (Phi) is 6.09. The highest BCUT2D eigenvalue weighted by atomic mass is 35.5. The molecule has 1 fully saturated rings. The number of benzene rings is 2. The van der Waals surface area contributed by atoms with Gasteiger partial charge in [-0.2, -0.15) is 0 Å². The number of sulfonamides is 1. The molecule has 1 aliphatic carbocycles. The summed E-state index contributed by atoms with van der Waals surface area (Å²) in [4.78, 5) is 4.45. The van der Waals surface area contributed by atoms with Crippen LogP contribution in [0.1, 0.15) is 44.1 Å². The molecule has 3 aromatic rings. The van der Waals surface area contributed by atoms with Crippen LogP contribution in [0.25, 0.3) is 10.9 Å². The molecule has 7 heteroatoms. The van der Waals surface area contributed by atoms with Gasteiger partial charge in [0.05, 0.1) is 10.5 Å². The van der Waals surface area contributed by atoms with Gasteiger partial charge in [-0.1, -0.05) is 23.7 Å². The second-order valence-electron chi connectivity index (χ2n) is 8.01. The van der Waals surface area contributed by atoms with Crippen molar-refractivity contribution in [3.63, 3.8) is 0 Å². The topological polar surface area (TPSA) is 59.1 Å². The van der Waals surface area contributed by atoms with E-state index in [0.717, 1.165) is 42.1 Å². The Bertz CT molecular complexity index is 1160. The molecule has 2 aromatic carbocycles. The fourth-order valence-corrected chi connectivity index (χ4v) is 6.32. The highest BCUT2D eigenvalue weighted by molar-refractivity contribution is 7.89. The highest BCUT2D eigenvalue weighted by Crippen LogP contribution is 2.39. The average molecular weight is 447 g/mol. The Balaban J connectivity index is 1.45. The van der Waals surface area contributed by atoms with E-state index < -0.39 is 10.0 Å². The van der Waals surface area contributed by atoms with E-state index >= 15 is 0 Å². The maximum absolute atomic E-state index is 13.8. The van der Waals surface area contributed by atoms with Crippen molar-refractivity contribution in [3.05, 3.63) is 71.1 Å². The van der Waals surface area contributed by atoms with Gasteiger partial charge in [-0.3, -0.25) is 4.98 Å². The van der Waals surface area contributed by atoms with Gasteiger partial charge in [0.2, 0.25) is 10.0 Å². The Morgan fingerprint density at radius 2 is 1.83 bits per heavy atom. The third-order valence-electron chi connectivity index (χ3n) is 6.12. The van der Waals surface area contributed by atoms with E-state index in [1.54, 1.807) is 36.5 Å². The molecule has 0 radical (unpaired) electrons. The van der Waals surface area contributed by atoms with Crippen LogP contribution >= 0.6 is 11.6 Å². The SMILES string of the molecule is C[C@@H](NS(=O)(=O)c1ccccc1Cl)[C@H]1CC[C@H](c2ccnc3ccc(F)cc32)CC1. The number of nitrogens with one attached hydrogen (secondary N) is 1. The second-order valence-corrected chi connectivity index (χ2v) is 10.1. The van der Waals surface area contributed by atoms with Crippen molar-refractivity contribution in [2.75, 3.05) is 0 Å². The summed E-state index contributed by atoms with van der Waals surface area (Å²) in [7, 11) is -3.67. The van der Waals surface area contributed by atoms with Crippen molar-refractivity contribution < 1.29 is 12.8 Å². The molecule has 1 aromatic heterocycles. The van der Waals surface area contributed by atoms with Gasteiger partial charge in [0.15, 0.2) is 0 Å². The first kappa shape index (κ1) is 21.2. The average Bonchev–Trinajstić information content (AvgIpc) is 2.73. The van der Waals surface area contributed by atoms with Crippen LogP contribution in [-0.2, 0) is 10.0 Å². The molecule has 0 unspecified atom stereocenters. The largest absolute Gasteiger partial charge is 0.256 e. The summed E-state index contributed by atoms with van der Waals surface area (Å²) in [6.07, 6.45) is 5.44. The van der Waals surface area contributed by atoms with Gasteiger partial charge in [-0.15, -0.1) is 0 Å². The molecule has 30 heavy (non-hydrogen) atoms. The van der Waals surface area contributed by atoms with Crippen LogP contribution in [0.5, 0.6) is 0 Å². The Morgan fingerprint density at radius 3 is 2.57 bits per heavy atom. The lowest BCUT2D eigenvalue weighted by atomic mass is 9.76. The number of hydrogen-bond donors (Lipinski definition) is 1. The van der Waals surface area contributed by atoms with Gasteiger partial charge in [0.25, 0.3) is 0 Å². The smallest absolute Gasteiger partial charge is 0.242 e. The van der Waals surface area contributed by atoms with E-state index in [-0.39, 0.29) is 27.7 Å². The molecule has 1 saturated carbocycles. The van der Waals surface area contributed by atoms with Crippen molar-refractivity contribution in [2.45, 2.75) is 49.5 Å². The zero-order valence-corrected chi connectivity index (χ0v) is 18.3. The minimum absolute atomic E-state index is 0.109. The van der Waals surface area contributed by atoms with Crippen molar-refractivity contribution in [1.82, 2.24) is 9.71 Å². The number of aromatic nitrogens is 1. The van der Waals surface area contributed by atoms with E-state index in [9.17, 15) is 12.8 Å². The molecular formula is C23H24ClFN2O2S. The maximum atomic E-state index is 13.8. The third-order valence-corrected chi connectivity index (χ3v) is 8.18. The Hall–Kier alpha value is -2.02. The van der Waals surface area contributed by atoms with Gasteiger partial charge < -0.3 is 0 Å². The molecule has 0 spiro atoms. The predicted molar refractivity (Wildman–Crippen MR) is 118 cm³/mol. The molecule has 1 heterocycles. The van der Waals surface area contributed by atoms with Gasteiger partial charge in [-0.05, 0) is 86.4 Å². The summed E-state index contributed by atoms with van der Waals surface area (Å²) in [6, 6.07) is 13.0. The highest BCUT2D eigenvalue weighted by Gasteiger charge is 2.30. The van der Waals surface area contributed by atoms with Crippen LogP contribution in [0, 0.1) is 11.7 Å². The first-order valence-corrected chi connectivity index (χ1v) is 12.0. The summed E-state index contributed by atoms with van der Waals surface area (Å²) in [5.74, 6) is 0.303. The lowest BCUT2D eigenvalue weighted by Crippen LogP contribution is -2.39. The fraction of sp³-hybridized carbons (Fsp3) is 0.348. The van der Waals surface area contributed by atoms with Gasteiger partial charge in [0, 0.05) is 17.6 Å². The molecule has 1 N–H and O–H groups in total. The molecule has 0 aliphatic heterocycles. The van der Waals surface area contributed by atoms with E-state index in [0.29, 0.717) is 5.92 Å². The van der Waals surface area contributed by atoms with Gasteiger partial charge in [-0.25, -0.2) is 17.5 Å². The minimum atomic E-state index is -3.67. The quantitative estimate of drug-likeness (QED) is 0.549. The van der Waals surface area contributed by atoms with Crippen LogP contribution in [-0.4, -0.2) is 19.4 Å². The zero-order chi connectivity index (χ0) is 21.3. The lowest BCUT2D eigenvalue weighted by Gasteiger charge is -2.33. The summed E-state index contributed by atoms with van der Waals surface area (Å²) in [5, 5.41) is 1.09. The maximum Gasteiger partial charge on any atom is 0.242 e. The summed E-state index contributed by atoms with van der Waals surface area (Å²) in [6.45, 7) is 1.91. The van der Waals surface area contributed by atoms with Crippen molar-refractivity contribution in [1.29, 1.82) is 0 Å². The Labute approximate surface area is 181 Å². The number of hydrogen-bond acceptors (Lipinski definition) is 3. The van der Waals surface area contributed by atoms with Gasteiger partial charge >= 0.3 is 0 Å². The minimum Gasteiger partial charge on any atom is -0.256 e. The zero-order valence-electron chi connectivity index (χ0n) is 16.7. The van der Waals surface area contributed by atoms with Crippen LogP contribution in [0.3, 0.4) is 0 Å². The predicted octanol–water partition coefficient (Wildman–Crippen LogP) is 5.67. The number of nitrogens with zero attached hydrogens (tertiary/aromatic N) is 1. The van der Waals surface area contributed by atoms with E-state index in [4.69, 9.17) is 11.6 Å². The standard InChI is InChI=1S/C23H24ClFN2O2S/c1-15(27-30(28,29)23-5-3-2-4-21(23)24)16-6-8-17(9-7-16)19-12-13-26-22-11-10-18(25)14-20(19)22/h2-5,10-17,27H,6-9H2,1H3/t15-,16-,17-/m1/s1. The summed E-state index contributed by atoms with van der Waals surface area (Å²) in [5.41, 5.74) is 1.93. The molecule has 4 rings (SSSR count). The van der Waals surface area contributed by atoms with Crippen LogP contribution in [0.2, 0.25) is 5.02 Å².